The number of carbonyl (C=O) groups excluding carboxylic acids is 1. The van der Waals surface area contributed by atoms with E-state index >= 15 is 0 Å². The molecule has 0 spiro atoms. The molecule has 0 aliphatic heterocycles. The quantitative estimate of drug-likeness (QED) is 0.896. The van der Waals surface area contributed by atoms with E-state index in [1.165, 1.54) is 6.20 Å². The maximum atomic E-state index is 12.4. The third-order valence-corrected chi connectivity index (χ3v) is 3.92. The van der Waals surface area contributed by atoms with E-state index < -0.39 is 24.0 Å². The van der Waals surface area contributed by atoms with E-state index in [0.29, 0.717) is 10.8 Å². The van der Waals surface area contributed by atoms with Crippen molar-refractivity contribution < 1.29 is 23.1 Å². The Morgan fingerprint density at radius 3 is 2.64 bits per heavy atom. The molecule has 0 saturated heterocycles. The van der Waals surface area contributed by atoms with Gasteiger partial charge in [0, 0.05) is 23.0 Å². The first kappa shape index (κ1) is 14.6. The fourth-order valence-electron chi connectivity index (χ4n) is 2.57. The molecule has 1 aliphatic rings. The van der Waals surface area contributed by atoms with E-state index in [-0.39, 0.29) is 24.3 Å². The van der Waals surface area contributed by atoms with Crippen molar-refractivity contribution in [3.8, 4) is 5.75 Å². The molecule has 116 valence electrons. The molecule has 1 fully saturated rings. The van der Waals surface area contributed by atoms with Gasteiger partial charge in [-0.2, -0.15) is 13.2 Å². The molecule has 2 N–H and O–H groups in total. The number of carbonyl (C=O) groups is 1. The largest absolute Gasteiger partial charge is 0.505 e. The van der Waals surface area contributed by atoms with Crippen LogP contribution in [0.2, 0.25) is 0 Å². The molecule has 1 aromatic heterocycles. The second kappa shape index (κ2) is 5.15. The van der Waals surface area contributed by atoms with Crippen LogP contribution in [0.15, 0.2) is 30.5 Å². The highest BCUT2D eigenvalue weighted by molar-refractivity contribution is 6.01. The maximum absolute atomic E-state index is 12.4. The number of hydrogen-bond acceptors (Lipinski definition) is 3. The Morgan fingerprint density at radius 1 is 1.27 bits per heavy atom. The summed E-state index contributed by atoms with van der Waals surface area (Å²) in [7, 11) is 0. The van der Waals surface area contributed by atoms with Crippen LogP contribution in [0.4, 0.5) is 13.2 Å². The Bertz CT molecular complexity index is 724. The third-order valence-electron chi connectivity index (χ3n) is 3.92. The number of rotatable bonds is 2. The summed E-state index contributed by atoms with van der Waals surface area (Å²) >= 11 is 0. The van der Waals surface area contributed by atoms with Gasteiger partial charge in [0.2, 0.25) is 0 Å². The minimum atomic E-state index is -4.22. The van der Waals surface area contributed by atoms with Crippen molar-refractivity contribution in [3.05, 3.63) is 36.2 Å². The zero-order chi connectivity index (χ0) is 15.9. The van der Waals surface area contributed by atoms with Gasteiger partial charge < -0.3 is 10.4 Å². The van der Waals surface area contributed by atoms with Crippen LogP contribution in [0.1, 0.15) is 23.3 Å². The summed E-state index contributed by atoms with van der Waals surface area (Å²) in [6, 6.07) is 6.33. The number of hydrogen-bond donors (Lipinski definition) is 2. The number of nitrogens with zero attached hydrogens (tertiary/aromatic N) is 1. The lowest BCUT2D eigenvalue weighted by atomic mass is 9.79. The Kier molecular flexibility index (Phi) is 3.42. The first-order chi connectivity index (χ1) is 10.4. The van der Waals surface area contributed by atoms with Gasteiger partial charge in [-0.1, -0.05) is 24.3 Å². The van der Waals surface area contributed by atoms with Crippen molar-refractivity contribution >= 4 is 16.7 Å². The molecule has 3 rings (SSSR count). The molecule has 1 heterocycles. The standard InChI is InChI=1S/C15H13F3N2O2/c16-15(17,18)9-5-10(6-9)20-14(22)12-13(21)11-4-2-1-3-8(11)7-19-12/h1-4,7,9-10,21H,5-6H2,(H,20,22). The van der Waals surface area contributed by atoms with Gasteiger partial charge in [0.1, 0.15) is 0 Å². The third kappa shape index (κ3) is 2.58. The van der Waals surface area contributed by atoms with Crippen LogP contribution in [0.5, 0.6) is 5.75 Å². The Balaban J connectivity index is 1.73. The van der Waals surface area contributed by atoms with Crippen LogP contribution in [0, 0.1) is 5.92 Å². The maximum Gasteiger partial charge on any atom is 0.391 e. The van der Waals surface area contributed by atoms with Crippen molar-refractivity contribution in [2.45, 2.75) is 25.1 Å². The normalized spacial score (nSPS) is 21.4. The predicted molar refractivity (Wildman–Crippen MR) is 73.4 cm³/mol. The summed E-state index contributed by atoms with van der Waals surface area (Å²) in [5.41, 5.74) is -0.172. The smallest absolute Gasteiger partial charge is 0.391 e. The van der Waals surface area contributed by atoms with E-state index in [0.717, 1.165) is 0 Å². The second-order valence-electron chi connectivity index (χ2n) is 5.42. The summed E-state index contributed by atoms with van der Waals surface area (Å²) in [6.45, 7) is 0. The number of pyridine rings is 1. The van der Waals surface area contributed by atoms with Crippen molar-refractivity contribution in [3.63, 3.8) is 0 Å². The molecule has 0 atom stereocenters. The molecule has 1 aromatic carbocycles. The molecule has 7 heteroatoms. The van der Waals surface area contributed by atoms with Crippen molar-refractivity contribution in [1.82, 2.24) is 10.3 Å². The molecule has 1 saturated carbocycles. The van der Waals surface area contributed by atoms with E-state index in [1.807, 2.05) is 0 Å². The van der Waals surface area contributed by atoms with Gasteiger partial charge in [-0.15, -0.1) is 0 Å². The van der Waals surface area contributed by atoms with Gasteiger partial charge >= 0.3 is 6.18 Å². The lowest BCUT2D eigenvalue weighted by Crippen LogP contribution is -2.49. The highest BCUT2D eigenvalue weighted by Gasteiger charge is 2.48. The molecule has 0 unspecified atom stereocenters. The first-order valence-electron chi connectivity index (χ1n) is 6.80. The van der Waals surface area contributed by atoms with Gasteiger partial charge in [-0.25, -0.2) is 4.98 Å². The summed E-state index contributed by atoms with van der Waals surface area (Å²) in [5, 5.41) is 13.7. The average molecular weight is 310 g/mol. The summed E-state index contributed by atoms with van der Waals surface area (Å²) in [6.07, 6.45) is -3.04. The molecular weight excluding hydrogens is 297 g/mol. The lowest BCUT2D eigenvalue weighted by molar-refractivity contribution is -0.198. The number of benzene rings is 1. The van der Waals surface area contributed by atoms with Crippen molar-refractivity contribution in [1.29, 1.82) is 0 Å². The number of amides is 1. The summed E-state index contributed by atoms with van der Waals surface area (Å²) in [5.74, 6) is -2.29. The van der Waals surface area contributed by atoms with Crippen LogP contribution in [-0.4, -0.2) is 28.2 Å². The van der Waals surface area contributed by atoms with Crippen LogP contribution in [0.3, 0.4) is 0 Å². The number of alkyl halides is 3. The number of aromatic hydroxyl groups is 1. The fraction of sp³-hybridized carbons (Fsp3) is 0.333. The Hall–Kier alpha value is -2.31. The van der Waals surface area contributed by atoms with Crippen LogP contribution in [-0.2, 0) is 0 Å². The van der Waals surface area contributed by atoms with E-state index in [4.69, 9.17) is 0 Å². The number of nitrogens with one attached hydrogen (secondary N) is 1. The minimum absolute atomic E-state index is 0.135. The minimum Gasteiger partial charge on any atom is -0.505 e. The summed E-state index contributed by atoms with van der Waals surface area (Å²) < 4.78 is 37.2. The monoisotopic (exact) mass is 310 g/mol. The first-order valence-corrected chi connectivity index (χ1v) is 6.80. The van der Waals surface area contributed by atoms with Crippen molar-refractivity contribution in [2.24, 2.45) is 5.92 Å². The number of aromatic nitrogens is 1. The van der Waals surface area contributed by atoms with Gasteiger partial charge in [0.15, 0.2) is 11.4 Å². The van der Waals surface area contributed by atoms with Gasteiger partial charge in [0.05, 0.1) is 5.92 Å². The molecule has 2 aromatic rings. The fourth-order valence-corrected chi connectivity index (χ4v) is 2.57. The predicted octanol–water partition coefficient (Wildman–Crippen LogP) is 3.01. The number of halogens is 3. The average Bonchev–Trinajstić information content (AvgIpc) is 2.41. The molecule has 4 nitrogen and oxygen atoms in total. The molecule has 0 bridgehead atoms. The van der Waals surface area contributed by atoms with Crippen LogP contribution in [0.25, 0.3) is 10.8 Å². The Labute approximate surface area is 124 Å². The zero-order valence-electron chi connectivity index (χ0n) is 11.4. The van der Waals surface area contributed by atoms with E-state index in [1.54, 1.807) is 24.3 Å². The Morgan fingerprint density at radius 2 is 1.95 bits per heavy atom. The van der Waals surface area contributed by atoms with Gasteiger partial charge in [-0.05, 0) is 12.8 Å². The lowest BCUT2D eigenvalue weighted by Gasteiger charge is -2.36. The van der Waals surface area contributed by atoms with E-state index in [2.05, 4.69) is 10.3 Å². The molecular formula is C15H13F3N2O2. The molecule has 1 aliphatic carbocycles. The number of fused-ring (bicyclic) bond motifs is 1. The van der Waals surface area contributed by atoms with Crippen molar-refractivity contribution in [2.75, 3.05) is 0 Å². The highest BCUT2D eigenvalue weighted by atomic mass is 19.4. The van der Waals surface area contributed by atoms with E-state index in [9.17, 15) is 23.1 Å². The van der Waals surface area contributed by atoms with Crippen LogP contribution < -0.4 is 5.32 Å². The van der Waals surface area contributed by atoms with Crippen LogP contribution >= 0.6 is 0 Å². The molecule has 1 amide bonds. The highest BCUT2D eigenvalue weighted by Crippen LogP contribution is 2.41. The molecule has 22 heavy (non-hydrogen) atoms. The second-order valence-corrected chi connectivity index (χ2v) is 5.42. The van der Waals surface area contributed by atoms with Gasteiger partial charge in [-0.3, -0.25) is 4.79 Å². The summed E-state index contributed by atoms with van der Waals surface area (Å²) in [4.78, 5) is 16.0. The zero-order valence-corrected chi connectivity index (χ0v) is 11.4. The molecule has 0 radical (unpaired) electrons. The SMILES string of the molecule is O=C(NC1CC(C(F)(F)F)C1)c1ncc2ccccc2c1O. The van der Waals surface area contributed by atoms with Gasteiger partial charge in [0.25, 0.3) is 5.91 Å². The topological polar surface area (TPSA) is 62.2 Å².